The van der Waals surface area contributed by atoms with E-state index in [0.717, 1.165) is 11.0 Å². The van der Waals surface area contributed by atoms with E-state index in [-0.39, 0.29) is 18.3 Å². The number of aromatic nitrogens is 2. The summed E-state index contributed by atoms with van der Waals surface area (Å²) in [6.07, 6.45) is 3.24. The molecule has 0 fully saturated rings. The van der Waals surface area contributed by atoms with Crippen molar-refractivity contribution in [3.8, 4) is 0 Å². The summed E-state index contributed by atoms with van der Waals surface area (Å²) in [5, 5.41) is 2.74. The van der Waals surface area contributed by atoms with Crippen molar-refractivity contribution in [3.05, 3.63) is 30.6 Å². The molecule has 0 aliphatic rings. The zero-order valence-electron chi connectivity index (χ0n) is 10.2. The Balaban J connectivity index is 0.00000162. The quantitative estimate of drug-likeness (QED) is 0.867. The number of amides is 1. The Bertz CT molecular complexity index is 565. The van der Waals surface area contributed by atoms with E-state index in [0.29, 0.717) is 5.69 Å². The highest BCUT2D eigenvalue weighted by Crippen LogP contribution is 2.15. The number of benzene rings is 1. The summed E-state index contributed by atoms with van der Waals surface area (Å²) in [6.45, 7) is 3.31. The predicted molar refractivity (Wildman–Crippen MR) is 73.7 cm³/mol. The number of hydrogen-bond donors (Lipinski definition) is 2. The summed E-state index contributed by atoms with van der Waals surface area (Å²) in [5.74, 6) is -0.235. The number of anilines is 1. The molecule has 1 heterocycles. The molecule has 0 saturated heterocycles. The Morgan fingerprint density at radius 3 is 2.44 bits per heavy atom. The van der Waals surface area contributed by atoms with Gasteiger partial charge in [-0.25, -0.2) is 0 Å². The topological polar surface area (TPSA) is 80.9 Å². The number of carbonyl (C=O) groups excluding carboxylic acids is 1. The minimum atomic E-state index is -0.905. The number of nitrogens with two attached hydrogens (primary N) is 1. The van der Waals surface area contributed by atoms with Crippen LogP contribution in [0.1, 0.15) is 13.8 Å². The van der Waals surface area contributed by atoms with Gasteiger partial charge in [0.25, 0.3) is 0 Å². The first-order valence-electron chi connectivity index (χ1n) is 5.28. The van der Waals surface area contributed by atoms with Crippen LogP contribution in [0.3, 0.4) is 0 Å². The van der Waals surface area contributed by atoms with Crippen LogP contribution in [0.2, 0.25) is 0 Å². The van der Waals surface area contributed by atoms with Gasteiger partial charge in [0, 0.05) is 18.1 Å². The van der Waals surface area contributed by atoms with Gasteiger partial charge in [0.15, 0.2) is 0 Å². The van der Waals surface area contributed by atoms with Crippen molar-refractivity contribution in [1.82, 2.24) is 9.97 Å². The van der Waals surface area contributed by atoms with Crippen LogP contribution in [0.4, 0.5) is 5.69 Å². The van der Waals surface area contributed by atoms with Crippen molar-refractivity contribution in [2.24, 2.45) is 5.73 Å². The number of carbonyl (C=O) groups is 1. The monoisotopic (exact) mass is 266 g/mol. The third-order valence-electron chi connectivity index (χ3n) is 2.31. The highest BCUT2D eigenvalue weighted by Gasteiger charge is 2.21. The number of rotatable bonds is 2. The first-order chi connectivity index (χ1) is 7.97. The van der Waals surface area contributed by atoms with Crippen molar-refractivity contribution in [2.45, 2.75) is 19.4 Å². The summed E-state index contributed by atoms with van der Waals surface area (Å²) >= 11 is 0. The maximum absolute atomic E-state index is 11.7. The summed E-state index contributed by atoms with van der Waals surface area (Å²) in [4.78, 5) is 20.0. The second kappa shape index (κ2) is 5.29. The fourth-order valence-corrected chi connectivity index (χ4v) is 1.33. The molecule has 0 atom stereocenters. The number of nitrogens with zero attached hydrogens (tertiary/aromatic N) is 2. The zero-order valence-corrected chi connectivity index (χ0v) is 11.0. The van der Waals surface area contributed by atoms with Crippen LogP contribution in [0, 0.1) is 0 Å². The molecule has 18 heavy (non-hydrogen) atoms. The first-order valence-corrected chi connectivity index (χ1v) is 5.28. The van der Waals surface area contributed by atoms with Crippen LogP contribution < -0.4 is 11.1 Å². The average Bonchev–Trinajstić information content (AvgIpc) is 2.27. The van der Waals surface area contributed by atoms with Crippen molar-refractivity contribution in [3.63, 3.8) is 0 Å². The normalized spacial score (nSPS) is 10.8. The molecule has 2 rings (SSSR count). The number of fused-ring (bicyclic) bond motifs is 1. The maximum atomic E-state index is 11.7. The molecule has 0 aliphatic carbocycles. The number of halogens is 1. The molecule has 1 aromatic carbocycles. The van der Waals surface area contributed by atoms with Crippen molar-refractivity contribution >= 4 is 35.0 Å². The molecule has 96 valence electrons. The molecule has 0 aliphatic heterocycles. The van der Waals surface area contributed by atoms with Gasteiger partial charge < -0.3 is 11.1 Å². The third-order valence-corrected chi connectivity index (χ3v) is 2.31. The predicted octanol–water partition coefficient (Wildman–Crippen LogP) is 1.73. The van der Waals surface area contributed by atoms with Crippen LogP contribution >= 0.6 is 12.4 Å². The van der Waals surface area contributed by atoms with Crippen LogP contribution in [0.5, 0.6) is 0 Å². The van der Waals surface area contributed by atoms with Gasteiger partial charge in [-0.3, -0.25) is 14.8 Å². The van der Waals surface area contributed by atoms with Gasteiger partial charge in [-0.2, -0.15) is 0 Å². The van der Waals surface area contributed by atoms with Crippen molar-refractivity contribution in [1.29, 1.82) is 0 Å². The molecule has 5 nitrogen and oxygen atoms in total. The molecule has 0 spiro atoms. The van der Waals surface area contributed by atoms with Crippen LogP contribution in [0.15, 0.2) is 30.6 Å². The Kier molecular flexibility index (Phi) is 4.21. The molecule has 1 aromatic heterocycles. The Labute approximate surface area is 111 Å². The summed E-state index contributed by atoms with van der Waals surface area (Å²) in [6, 6.07) is 5.36. The van der Waals surface area contributed by atoms with Gasteiger partial charge in [-0.05, 0) is 32.0 Å². The average molecular weight is 267 g/mol. The Morgan fingerprint density at radius 2 is 1.83 bits per heavy atom. The Morgan fingerprint density at radius 1 is 1.22 bits per heavy atom. The van der Waals surface area contributed by atoms with Crippen molar-refractivity contribution in [2.75, 3.05) is 5.32 Å². The van der Waals surface area contributed by atoms with E-state index >= 15 is 0 Å². The Hall–Kier alpha value is -1.72. The standard InChI is InChI=1S/C12H14N4O.ClH/c1-12(2,13)11(17)16-8-3-4-9-10(7-8)15-6-5-14-9;/h3-7H,13H2,1-2H3,(H,16,17);1H. The fraction of sp³-hybridized carbons (Fsp3) is 0.250. The molecule has 0 saturated carbocycles. The lowest BCUT2D eigenvalue weighted by molar-refractivity contribution is -0.120. The van der Waals surface area contributed by atoms with E-state index in [4.69, 9.17) is 5.73 Å². The van der Waals surface area contributed by atoms with Crippen LogP contribution in [-0.4, -0.2) is 21.4 Å². The SMILES string of the molecule is CC(C)(N)C(=O)Nc1ccc2nccnc2c1.Cl. The van der Waals surface area contributed by atoms with E-state index in [1.165, 1.54) is 0 Å². The second-order valence-electron chi connectivity index (χ2n) is 4.44. The minimum Gasteiger partial charge on any atom is -0.324 e. The van der Waals surface area contributed by atoms with Crippen LogP contribution in [0.25, 0.3) is 11.0 Å². The number of hydrogen-bond acceptors (Lipinski definition) is 4. The molecular weight excluding hydrogens is 252 g/mol. The fourth-order valence-electron chi connectivity index (χ4n) is 1.33. The molecular formula is C12H15ClN4O. The summed E-state index contributed by atoms with van der Waals surface area (Å²) < 4.78 is 0. The van der Waals surface area contributed by atoms with Gasteiger partial charge in [0.2, 0.25) is 5.91 Å². The first kappa shape index (κ1) is 14.3. The van der Waals surface area contributed by atoms with Gasteiger partial charge in [0.1, 0.15) is 0 Å². The van der Waals surface area contributed by atoms with E-state index in [2.05, 4.69) is 15.3 Å². The molecule has 2 aromatic rings. The van der Waals surface area contributed by atoms with Gasteiger partial charge >= 0.3 is 0 Å². The van der Waals surface area contributed by atoms with Gasteiger partial charge in [0.05, 0.1) is 16.6 Å². The zero-order chi connectivity index (χ0) is 12.5. The van der Waals surface area contributed by atoms with E-state index in [1.807, 2.05) is 6.07 Å². The lowest BCUT2D eigenvalue weighted by Crippen LogP contribution is -2.45. The second-order valence-corrected chi connectivity index (χ2v) is 4.44. The van der Waals surface area contributed by atoms with Crippen LogP contribution in [-0.2, 0) is 4.79 Å². The van der Waals surface area contributed by atoms with E-state index < -0.39 is 5.54 Å². The molecule has 3 N–H and O–H groups in total. The lowest BCUT2D eigenvalue weighted by atomic mass is 10.1. The molecule has 0 radical (unpaired) electrons. The largest absolute Gasteiger partial charge is 0.324 e. The van der Waals surface area contributed by atoms with Gasteiger partial charge in [-0.15, -0.1) is 12.4 Å². The third kappa shape index (κ3) is 3.15. The molecule has 0 unspecified atom stereocenters. The summed E-state index contributed by atoms with van der Waals surface area (Å²) in [5.41, 5.74) is 6.99. The molecule has 0 bridgehead atoms. The van der Waals surface area contributed by atoms with E-state index in [1.54, 1.807) is 38.4 Å². The molecule has 1 amide bonds. The van der Waals surface area contributed by atoms with Gasteiger partial charge in [-0.1, -0.05) is 0 Å². The highest BCUT2D eigenvalue weighted by atomic mass is 35.5. The molecule has 6 heteroatoms. The highest BCUT2D eigenvalue weighted by molar-refractivity contribution is 5.98. The van der Waals surface area contributed by atoms with E-state index in [9.17, 15) is 4.79 Å². The van der Waals surface area contributed by atoms with Crippen molar-refractivity contribution < 1.29 is 4.79 Å². The minimum absolute atomic E-state index is 0. The summed E-state index contributed by atoms with van der Waals surface area (Å²) in [7, 11) is 0. The maximum Gasteiger partial charge on any atom is 0.243 e. The lowest BCUT2D eigenvalue weighted by Gasteiger charge is -2.17. The smallest absolute Gasteiger partial charge is 0.243 e. The number of nitrogens with one attached hydrogen (secondary N) is 1.